The highest BCUT2D eigenvalue weighted by Gasteiger charge is 2.19. The molecule has 1 aromatic heterocycles. The van der Waals surface area contributed by atoms with Crippen molar-refractivity contribution in [3.05, 3.63) is 41.5 Å². The van der Waals surface area contributed by atoms with E-state index in [1.165, 1.54) is 11.0 Å². The van der Waals surface area contributed by atoms with Gasteiger partial charge in [-0.2, -0.15) is 5.10 Å². The lowest BCUT2D eigenvalue weighted by Crippen LogP contribution is -2.14. The molecule has 0 saturated heterocycles. The minimum atomic E-state index is -1.47. The third kappa shape index (κ3) is 2.59. The fourth-order valence-electron chi connectivity index (χ4n) is 1.73. The minimum Gasteiger partial charge on any atom is -0.373 e. The average Bonchev–Trinajstić information content (AvgIpc) is 2.85. The molecule has 108 valence electrons. The van der Waals surface area contributed by atoms with Crippen LogP contribution in [0.1, 0.15) is 25.7 Å². The van der Waals surface area contributed by atoms with Crippen molar-refractivity contribution in [2.45, 2.75) is 26.4 Å². The number of rotatable bonds is 4. The molecule has 4 nitrogen and oxygen atoms in total. The number of nitrogens with one attached hydrogen (secondary N) is 1. The van der Waals surface area contributed by atoms with Gasteiger partial charge in [-0.3, -0.25) is 0 Å². The van der Waals surface area contributed by atoms with Crippen LogP contribution in [0.15, 0.2) is 12.4 Å². The van der Waals surface area contributed by atoms with E-state index in [0.29, 0.717) is 5.82 Å². The van der Waals surface area contributed by atoms with E-state index < -0.39 is 29.0 Å². The standard InChI is InChI=1S/C12H12F4N4/c1-6(2)20-9(18-5-19-20)4-17-12-10(15)7(13)3-8(14)11(12)16/h3,5-6,17H,4H2,1-2H3. The van der Waals surface area contributed by atoms with Crippen molar-refractivity contribution in [1.29, 1.82) is 0 Å². The van der Waals surface area contributed by atoms with Crippen LogP contribution in [0.4, 0.5) is 23.2 Å². The maximum absolute atomic E-state index is 13.4. The SMILES string of the molecule is CC(C)n1ncnc1CNc1c(F)c(F)cc(F)c1F. The maximum Gasteiger partial charge on any atom is 0.185 e. The number of anilines is 1. The molecule has 0 aliphatic rings. The van der Waals surface area contributed by atoms with Crippen molar-refractivity contribution in [2.24, 2.45) is 0 Å². The van der Waals surface area contributed by atoms with E-state index in [2.05, 4.69) is 15.4 Å². The molecule has 0 amide bonds. The molecular formula is C12H12F4N4. The van der Waals surface area contributed by atoms with Crippen LogP contribution < -0.4 is 5.32 Å². The van der Waals surface area contributed by atoms with Crippen LogP contribution in [0, 0.1) is 23.3 Å². The fourth-order valence-corrected chi connectivity index (χ4v) is 1.73. The highest BCUT2D eigenvalue weighted by molar-refractivity contribution is 5.47. The summed E-state index contributed by atoms with van der Waals surface area (Å²) in [5.74, 6) is -5.48. The Morgan fingerprint density at radius 3 is 2.30 bits per heavy atom. The zero-order chi connectivity index (χ0) is 14.9. The van der Waals surface area contributed by atoms with Gasteiger partial charge in [0.05, 0.1) is 6.54 Å². The summed E-state index contributed by atoms with van der Waals surface area (Å²) in [6, 6.07) is 0.153. The number of aromatic nitrogens is 3. The quantitative estimate of drug-likeness (QED) is 0.694. The Morgan fingerprint density at radius 2 is 1.75 bits per heavy atom. The maximum atomic E-state index is 13.4. The molecule has 20 heavy (non-hydrogen) atoms. The van der Waals surface area contributed by atoms with Gasteiger partial charge in [-0.05, 0) is 13.8 Å². The first-order chi connectivity index (χ1) is 9.41. The van der Waals surface area contributed by atoms with Crippen LogP contribution in [-0.4, -0.2) is 14.8 Å². The summed E-state index contributed by atoms with van der Waals surface area (Å²) in [6.07, 6.45) is 1.29. The second-order valence-corrected chi connectivity index (χ2v) is 4.41. The summed E-state index contributed by atoms with van der Waals surface area (Å²) < 4.78 is 54.5. The Hall–Kier alpha value is -2.12. The first-order valence-corrected chi connectivity index (χ1v) is 5.87. The molecule has 0 radical (unpaired) electrons. The van der Waals surface area contributed by atoms with Gasteiger partial charge in [0.2, 0.25) is 0 Å². The highest BCUT2D eigenvalue weighted by atomic mass is 19.2. The third-order valence-corrected chi connectivity index (χ3v) is 2.67. The molecule has 1 aromatic carbocycles. The number of hydrogen-bond acceptors (Lipinski definition) is 3. The monoisotopic (exact) mass is 288 g/mol. The average molecular weight is 288 g/mol. The lowest BCUT2D eigenvalue weighted by Gasteiger charge is -2.12. The Labute approximate surface area is 112 Å². The summed E-state index contributed by atoms with van der Waals surface area (Å²) in [4.78, 5) is 3.91. The predicted molar refractivity (Wildman–Crippen MR) is 64.0 cm³/mol. The zero-order valence-electron chi connectivity index (χ0n) is 10.8. The van der Waals surface area contributed by atoms with Crippen molar-refractivity contribution in [3.8, 4) is 0 Å². The van der Waals surface area contributed by atoms with E-state index in [0.717, 1.165) is 0 Å². The molecule has 0 aliphatic heterocycles. The zero-order valence-corrected chi connectivity index (χ0v) is 10.8. The van der Waals surface area contributed by atoms with Gasteiger partial charge in [0, 0.05) is 12.1 Å². The van der Waals surface area contributed by atoms with Crippen LogP contribution in [0.3, 0.4) is 0 Å². The normalized spacial score (nSPS) is 11.2. The molecule has 0 aliphatic carbocycles. The molecule has 0 unspecified atom stereocenters. The molecule has 0 spiro atoms. The molecule has 0 saturated carbocycles. The topological polar surface area (TPSA) is 42.7 Å². The molecule has 2 rings (SSSR count). The molecule has 1 heterocycles. The summed E-state index contributed by atoms with van der Waals surface area (Å²) >= 11 is 0. The van der Waals surface area contributed by atoms with Crippen LogP contribution in [-0.2, 0) is 6.54 Å². The van der Waals surface area contributed by atoms with Crippen molar-refractivity contribution in [2.75, 3.05) is 5.32 Å². The highest BCUT2D eigenvalue weighted by Crippen LogP contribution is 2.24. The van der Waals surface area contributed by atoms with Crippen molar-refractivity contribution >= 4 is 5.69 Å². The fraction of sp³-hybridized carbons (Fsp3) is 0.333. The Bertz CT molecular complexity index is 598. The molecule has 0 fully saturated rings. The van der Waals surface area contributed by atoms with E-state index >= 15 is 0 Å². The van der Waals surface area contributed by atoms with Gasteiger partial charge in [0.15, 0.2) is 23.3 Å². The van der Waals surface area contributed by atoms with Crippen LogP contribution in [0.5, 0.6) is 0 Å². The van der Waals surface area contributed by atoms with Gasteiger partial charge in [-0.1, -0.05) is 0 Å². The number of halogens is 4. The van der Waals surface area contributed by atoms with Gasteiger partial charge in [0.25, 0.3) is 0 Å². The van der Waals surface area contributed by atoms with E-state index in [1.54, 1.807) is 0 Å². The largest absolute Gasteiger partial charge is 0.373 e. The predicted octanol–water partition coefficient (Wildman–Crippen LogP) is 3.03. The van der Waals surface area contributed by atoms with Gasteiger partial charge >= 0.3 is 0 Å². The van der Waals surface area contributed by atoms with Crippen LogP contribution in [0.25, 0.3) is 0 Å². The third-order valence-electron chi connectivity index (χ3n) is 2.67. The summed E-state index contributed by atoms with van der Waals surface area (Å²) in [7, 11) is 0. The summed E-state index contributed by atoms with van der Waals surface area (Å²) in [5, 5.41) is 6.25. The van der Waals surface area contributed by atoms with Crippen molar-refractivity contribution in [1.82, 2.24) is 14.8 Å². The van der Waals surface area contributed by atoms with Crippen molar-refractivity contribution < 1.29 is 17.6 Å². The molecule has 1 N–H and O–H groups in total. The summed E-state index contributed by atoms with van der Waals surface area (Å²) in [5.41, 5.74) is -0.860. The van der Waals surface area contributed by atoms with E-state index in [-0.39, 0.29) is 18.7 Å². The second kappa shape index (κ2) is 5.48. The summed E-state index contributed by atoms with van der Waals surface area (Å²) in [6.45, 7) is 3.58. The van der Waals surface area contributed by atoms with Crippen molar-refractivity contribution in [3.63, 3.8) is 0 Å². The lowest BCUT2D eigenvalue weighted by molar-refractivity contribution is 0.457. The molecule has 8 heteroatoms. The lowest BCUT2D eigenvalue weighted by atomic mass is 10.2. The number of hydrogen-bond donors (Lipinski definition) is 1. The second-order valence-electron chi connectivity index (χ2n) is 4.41. The number of benzene rings is 1. The van der Waals surface area contributed by atoms with E-state index in [4.69, 9.17) is 0 Å². The van der Waals surface area contributed by atoms with E-state index in [9.17, 15) is 17.6 Å². The Kier molecular flexibility index (Phi) is 3.91. The minimum absolute atomic E-state index is 0.00626. The van der Waals surface area contributed by atoms with Gasteiger partial charge < -0.3 is 5.32 Å². The molecule has 2 aromatic rings. The van der Waals surface area contributed by atoms with Crippen LogP contribution >= 0.6 is 0 Å². The van der Waals surface area contributed by atoms with Gasteiger partial charge in [-0.25, -0.2) is 27.2 Å². The smallest absolute Gasteiger partial charge is 0.185 e. The first kappa shape index (κ1) is 14.3. The van der Waals surface area contributed by atoms with Gasteiger partial charge in [-0.15, -0.1) is 0 Å². The van der Waals surface area contributed by atoms with Gasteiger partial charge in [0.1, 0.15) is 17.8 Å². The number of nitrogens with zero attached hydrogens (tertiary/aromatic N) is 3. The van der Waals surface area contributed by atoms with Crippen LogP contribution in [0.2, 0.25) is 0 Å². The Balaban J connectivity index is 2.25. The first-order valence-electron chi connectivity index (χ1n) is 5.87. The Morgan fingerprint density at radius 1 is 1.15 bits per heavy atom. The molecule has 0 bridgehead atoms. The van der Waals surface area contributed by atoms with E-state index in [1.807, 2.05) is 13.8 Å². The molecule has 0 atom stereocenters. The molecular weight excluding hydrogens is 276 g/mol.